The van der Waals surface area contributed by atoms with Gasteiger partial charge in [-0.2, -0.15) is 5.26 Å². The first-order valence-electron chi connectivity index (χ1n) is 9.16. The highest BCUT2D eigenvalue weighted by Crippen LogP contribution is 2.21. The van der Waals surface area contributed by atoms with E-state index in [0.29, 0.717) is 28.3 Å². The van der Waals surface area contributed by atoms with Crippen LogP contribution in [-0.2, 0) is 16.1 Å². The molecule has 0 spiro atoms. The first kappa shape index (κ1) is 19.5. The van der Waals surface area contributed by atoms with Gasteiger partial charge in [-0.05, 0) is 29.0 Å². The molecule has 0 unspecified atom stereocenters. The van der Waals surface area contributed by atoms with Crippen LogP contribution >= 0.6 is 0 Å². The van der Waals surface area contributed by atoms with Crippen molar-refractivity contribution in [2.75, 3.05) is 7.11 Å². The van der Waals surface area contributed by atoms with Crippen LogP contribution in [0.2, 0.25) is 0 Å². The topological polar surface area (TPSA) is 79.2 Å². The zero-order valence-corrected chi connectivity index (χ0v) is 16.2. The number of benzene rings is 2. The Bertz CT molecular complexity index is 1150. The van der Waals surface area contributed by atoms with Crippen molar-refractivity contribution in [1.82, 2.24) is 5.32 Å². The number of nitrogens with zero attached hydrogens (tertiary/aromatic N) is 1. The van der Waals surface area contributed by atoms with Gasteiger partial charge in [0, 0.05) is 22.7 Å². The molecular formula is C23H22N2O3. The largest absolute Gasteiger partial charge is 0.468 e. The summed E-state index contributed by atoms with van der Waals surface area (Å²) in [6, 6.07) is 16.3. The van der Waals surface area contributed by atoms with Crippen LogP contribution < -0.4 is 10.7 Å². The molecule has 0 aliphatic heterocycles. The number of carbonyl (C=O) groups excluding carboxylic acids is 1. The lowest BCUT2D eigenvalue weighted by Crippen LogP contribution is -2.41. The van der Waals surface area contributed by atoms with E-state index in [9.17, 15) is 14.9 Å². The Labute approximate surface area is 163 Å². The molecule has 5 nitrogen and oxygen atoms in total. The number of hydrogen-bond donors (Lipinski definition) is 1. The number of nitrogens with one attached hydrogen (secondary N) is 1. The summed E-state index contributed by atoms with van der Waals surface area (Å²) in [7, 11) is 1.37. The van der Waals surface area contributed by atoms with Gasteiger partial charge in [-0.15, -0.1) is 0 Å². The van der Waals surface area contributed by atoms with Gasteiger partial charge in [-0.1, -0.05) is 50.2 Å². The maximum atomic E-state index is 13.1. The number of rotatable bonds is 5. The third kappa shape index (κ3) is 3.73. The monoisotopic (exact) mass is 374 g/mol. The van der Waals surface area contributed by atoms with Gasteiger partial charge < -0.3 is 10.1 Å². The summed E-state index contributed by atoms with van der Waals surface area (Å²) in [6.45, 7) is 4.29. The predicted molar refractivity (Wildman–Crippen MR) is 110 cm³/mol. The smallest absolute Gasteiger partial charge is 0.323 e. The summed E-state index contributed by atoms with van der Waals surface area (Å²) in [5.41, 5.74) is 1.21. The van der Waals surface area contributed by atoms with E-state index in [1.165, 1.54) is 7.11 Å². The standard InChI is InChI=1S/C23H22N2O3/c1-14(2)21(23(27)28-3)25-13-15-8-9-18-17(12-24)11-16-6-4-5-7-19(16)22(26)20(18)10-15/h4-11,14,21,25H,13H2,1-3H3/t21-/m0/s1. The normalized spacial score (nSPS) is 12.1. The maximum Gasteiger partial charge on any atom is 0.323 e. The second-order valence-corrected chi connectivity index (χ2v) is 7.09. The Hall–Kier alpha value is -3.23. The predicted octanol–water partition coefficient (Wildman–Crippen LogP) is 3.51. The van der Waals surface area contributed by atoms with Gasteiger partial charge >= 0.3 is 5.97 Å². The Morgan fingerprint density at radius 3 is 2.54 bits per heavy atom. The second-order valence-electron chi connectivity index (χ2n) is 7.09. The first-order valence-corrected chi connectivity index (χ1v) is 9.16. The molecule has 1 N–H and O–H groups in total. The number of esters is 1. The Balaban J connectivity index is 2.10. The fourth-order valence-corrected chi connectivity index (χ4v) is 3.37. The number of fused-ring (bicyclic) bond motifs is 2. The van der Waals surface area contributed by atoms with Crippen LogP contribution in [0.25, 0.3) is 21.5 Å². The second kappa shape index (κ2) is 8.20. The molecule has 1 atom stereocenters. The SMILES string of the molecule is COC(=O)[C@@H](NCc1ccc2c(C#N)cc3ccccc3c(=O)c2c1)C(C)C. The Morgan fingerprint density at radius 1 is 1.11 bits per heavy atom. The Kier molecular flexibility index (Phi) is 5.72. The summed E-state index contributed by atoms with van der Waals surface area (Å²) in [5.74, 6) is -0.251. The summed E-state index contributed by atoms with van der Waals surface area (Å²) in [6.07, 6.45) is 0. The molecule has 3 aromatic carbocycles. The number of ether oxygens (including phenoxy) is 1. The molecular weight excluding hydrogens is 352 g/mol. The zero-order valence-electron chi connectivity index (χ0n) is 16.2. The van der Waals surface area contributed by atoms with Crippen molar-refractivity contribution in [2.24, 2.45) is 5.92 Å². The molecule has 0 radical (unpaired) electrons. The van der Waals surface area contributed by atoms with E-state index in [-0.39, 0.29) is 17.3 Å². The third-order valence-corrected chi connectivity index (χ3v) is 4.89. The Morgan fingerprint density at radius 2 is 1.86 bits per heavy atom. The minimum atomic E-state index is -0.435. The van der Waals surface area contributed by atoms with Crippen LogP contribution in [0.1, 0.15) is 25.0 Å². The molecule has 3 rings (SSSR count). The molecule has 0 heterocycles. The van der Waals surface area contributed by atoms with Crippen LogP contribution in [-0.4, -0.2) is 19.1 Å². The molecule has 142 valence electrons. The van der Waals surface area contributed by atoms with Crippen LogP contribution in [0.5, 0.6) is 0 Å². The van der Waals surface area contributed by atoms with Crippen molar-refractivity contribution in [3.8, 4) is 6.07 Å². The van der Waals surface area contributed by atoms with Gasteiger partial charge in [0.1, 0.15) is 6.04 Å². The summed E-state index contributed by atoms with van der Waals surface area (Å²) < 4.78 is 4.85. The average molecular weight is 374 g/mol. The number of hydrogen-bond acceptors (Lipinski definition) is 5. The minimum Gasteiger partial charge on any atom is -0.468 e. The van der Waals surface area contributed by atoms with Crippen molar-refractivity contribution in [2.45, 2.75) is 26.4 Å². The van der Waals surface area contributed by atoms with E-state index >= 15 is 0 Å². The highest BCUT2D eigenvalue weighted by molar-refractivity contribution is 5.96. The fourth-order valence-electron chi connectivity index (χ4n) is 3.37. The molecule has 28 heavy (non-hydrogen) atoms. The lowest BCUT2D eigenvalue weighted by atomic mass is 10.0. The van der Waals surface area contributed by atoms with E-state index in [1.807, 2.05) is 38.1 Å². The molecule has 3 aromatic rings. The molecule has 5 heteroatoms. The highest BCUT2D eigenvalue weighted by atomic mass is 16.5. The van der Waals surface area contributed by atoms with Crippen LogP contribution in [0, 0.1) is 17.2 Å². The van der Waals surface area contributed by atoms with Crippen molar-refractivity contribution >= 4 is 27.5 Å². The van der Waals surface area contributed by atoms with Crippen molar-refractivity contribution < 1.29 is 9.53 Å². The number of methoxy groups -OCH3 is 1. The summed E-state index contributed by atoms with van der Waals surface area (Å²) in [5, 5.41) is 15.2. The molecule has 0 aliphatic carbocycles. The summed E-state index contributed by atoms with van der Waals surface area (Å²) in [4.78, 5) is 25.0. The lowest BCUT2D eigenvalue weighted by Gasteiger charge is -2.19. The van der Waals surface area contributed by atoms with E-state index in [0.717, 1.165) is 10.9 Å². The van der Waals surface area contributed by atoms with Gasteiger partial charge in [0.25, 0.3) is 0 Å². The third-order valence-electron chi connectivity index (χ3n) is 4.89. The molecule has 0 fully saturated rings. The lowest BCUT2D eigenvalue weighted by molar-refractivity contribution is -0.144. The van der Waals surface area contributed by atoms with Crippen molar-refractivity contribution in [3.63, 3.8) is 0 Å². The van der Waals surface area contributed by atoms with E-state index < -0.39 is 6.04 Å². The number of nitriles is 1. The first-order chi connectivity index (χ1) is 13.5. The van der Waals surface area contributed by atoms with Crippen LogP contribution in [0.4, 0.5) is 0 Å². The molecule has 0 aromatic heterocycles. The highest BCUT2D eigenvalue weighted by Gasteiger charge is 2.22. The van der Waals surface area contributed by atoms with Gasteiger partial charge in [-0.25, -0.2) is 0 Å². The van der Waals surface area contributed by atoms with E-state index in [2.05, 4.69) is 11.4 Å². The molecule has 0 bridgehead atoms. The molecule has 0 saturated carbocycles. The van der Waals surface area contributed by atoms with Crippen LogP contribution in [0.15, 0.2) is 53.3 Å². The average Bonchev–Trinajstić information content (AvgIpc) is 2.82. The fraction of sp³-hybridized carbons (Fsp3) is 0.261. The molecule has 0 aliphatic rings. The molecule has 0 amide bonds. The van der Waals surface area contributed by atoms with Crippen molar-refractivity contribution in [3.05, 3.63) is 69.9 Å². The van der Waals surface area contributed by atoms with E-state index in [4.69, 9.17) is 4.74 Å². The van der Waals surface area contributed by atoms with E-state index in [1.54, 1.807) is 24.3 Å². The van der Waals surface area contributed by atoms with Gasteiger partial charge in [-0.3, -0.25) is 9.59 Å². The van der Waals surface area contributed by atoms with Crippen molar-refractivity contribution in [1.29, 1.82) is 5.26 Å². The van der Waals surface area contributed by atoms with Gasteiger partial charge in [0.15, 0.2) is 5.43 Å². The van der Waals surface area contributed by atoms with Crippen LogP contribution in [0.3, 0.4) is 0 Å². The number of carbonyl (C=O) groups is 1. The van der Waals surface area contributed by atoms with Gasteiger partial charge in [0.2, 0.25) is 0 Å². The quantitative estimate of drug-likeness (QED) is 0.692. The van der Waals surface area contributed by atoms with Gasteiger partial charge in [0.05, 0.1) is 18.7 Å². The zero-order chi connectivity index (χ0) is 20.3. The maximum absolute atomic E-state index is 13.1. The minimum absolute atomic E-state index is 0.0647. The molecule has 0 saturated heterocycles. The summed E-state index contributed by atoms with van der Waals surface area (Å²) >= 11 is 0.